The molecule has 0 saturated carbocycles. The normalized spacial score (nSPS) is 19.9. The Morgan fingerprint density at radius 1 is 1.18 bits per heavy atom. The first-order valence-corrected chi connectivity index (χ1v) is 11.6. The second-order valence-corrected chi connectivity index (χ2v) is 9.38. The molecule has 0 N–H and O–H groups in total. The van der Waals surface area contributed by atoms with E-state index >= 15 is 0 Å². The van der Waals surface area contributed by atoms with Crippen LogP contribution >= 0.6 is 0 Å². The molecule has 0 bridgehead atoms. The maximum absolute atomic E-state index is 13.1. The van der Waals surface area contributed by atoms with Gasteiger partial charge >= 0.3 is 5.97 Å². The van der Waals surface area contributed by atoms with Crippen molar-refractivity contribution < 1.29 is 19.1 Å². The number of hydrogen-bond donors (Lipinski definition) is 0. The predicted molar refractivity (Wildman–Crippen MR) is 124 cm³/mol. The molecule has 2 fully saturated rings. The lowest BCUT2D eigenvalue weighted by molar-refractivity contribution is -0.150. The molecule has 1 spiro atoms. The molecule has 2 aliphatic heterocycles. The maximum atomic E-state index is 13.1. The highest BCUT2D eigenvalue weighted by atomic mass is 16.6. The van der Waals surface area contributed by atoms with Crippen LogP contribution in [0.5, 0.6) is 5.75 Å². The van der Waals surface area contributed by atoms with E-state index in [4.69, 9.17) is 9.47 Å². The van der Waals surface area contributed by atoms with Crippen LogP contribution in [0, 0.1) is 5.41 Å². The maximum Gasteiger partial charge on any atom is 0.312 e. The highest BCUT2D eigenvalue weighted by Gasteiger charge is 2.50. The number of carbonyl (C=O) groups is 2. The SMILES string of the molecule is CC(C)Oc1cccc(C(=O)N2CCC3(CC2)CC(Cn2cnc4ccccc42)OC3=O)c1. The minimum absolute atomic E-state index is 0.0214. The average molecular weight is 448 g/mol. The van der Waals surface area contributed by atoms with Gasteiger partial charge in [0, 0.05) is 25.1 Å². The molecule has 7 heteroatoms. The van der Waals surface area contributed by atoms with Gasteiger partial charge in [-0.15, -0.1) is 0 Å². The molecule has 2 aromatic carbocycles. The summed E-state index contributed by atoms with van der Waals surface area (Å²) in [6.45, 7) is 5.61. The van der Waals surface area contributed by atoms with Crippen LogP contribution in [0.15, 0.2) is 54.9 Å². The Morgan fingerprint density at radius 2 is 1.97 bits per heavy atom. The van der Waals surface area contributed by atoms with Crippen molar-refractivity contribution in [1.82, 2.24) is 14.5 Å². The molecule has 2 saturated heterocycles. The van der Waals surface area contributed by atoms with E-state index in [0.29, 0.717) is 50.2 Å². The third kappa shape index (κ3) is 4.19. The predicted octanol–water partition coefficient (Wildman–Crippen LogP) is 4.06. The summed E-state index contributed by atoms with van der Waals surface area (Å²) in [6.07, 6.45) is 3.61. The molecule has 0 aliphatic carbocycles. The van der Waals surface area contributed by atoms with Gasteiger partial charge in [0.25, 0.3) is 5.91 Å². The first-order chi connectivity index (χ1) is 15.9. The van der Waals surface area contributed by atoms with Crippen molar-refractivity contribution in [2.75, 3.05) is 13.1 Å². The lowest BCUT2D eigenvalue weighted by Gasteiger charge is -2.36. The monoisotopic (exact) mass is 447 g/mol. The van der Waals surface area contributed by atoms with Gasteiger partial charge < -0.3 is 18.9 Å². The molecule has 5 rings (SSSR count). The fourth-order valence-corrected chi connectivity index (χ4v) is 5.02. The fourth-order valence-electron chi connectivity index (χ4n) is 5.02. The van der Waals surface area contributed by atoms with E-state index in [-0.39, 0.29) is 24.1 Å². The van der Waals surface area contributed by atoms with Crippen LogP contribution < -0.4 is 4.74 Å². The molecule has 3 heterocycles. The molecule has 1 atom stereocenters. The van der Waals surface area contributed by atoms with Gasteiger partial charge in [0.05, 0.1) is 35.4 Å². The summed E-state index contributed by atoms with van der Waals surface area (Å²) in [5.74, 6) is 0.543. The van der Waals surface area contributed by atoms with Crippen molar-refractivity contribution >= 4 is 22.9 Å². The number of likely N-dealkylation sites (tertiary alicyclic amines) is 1. The van der Waals surface area contributed by atoms with E-state index < -0.39 is 5.41 Å². The number of cyclic esters (lactones) is 1. The van der Waals surface area contributed by atoms with E-state index in [9.17, 15) is 9.59 Å². The average Bonchev–Trinajstić information content (AvgIpc) is 3.34. The number of esters is 1. The van der Waals surface area contributed by atoms with Gasteiger partial charge in [-0.2, -0.15) is 0 Å². The van der Waals surface area contributed by atoms with Crippen molar-refractivity contribution in [3.8, 4) is 5.75 Å². The molecule has 1 amide bonds. The summed E-state index contributed by atoms with van der Waals surface area (Å²) in [6, 6.07) is 15.3. The first-order valence-electron chi connectivity index (χ1n) is 11.6. The lowest BCUT2D eigenvalue weighted by Crippen LogP contribution is -2.45. The van der Waals surface area contributed by atoms with Gasteiger partial charge in [0.2, 0.25) is 0 Å². The number of para-hydroxylation sites is 2. The van der Waals surface area contributed by atoms with Gasteiger partial charge in [0.15, 0.2) is 0 Å². The van der Waals surface area contributed by atoms with Crippen LogP contribution in [0.1, 0.15) is 43.5 Å². The largest absolute Gasteiger partial charge is 0.491 e. The number of aromatic nitrogens is 2. The highest BCUT2D eigenvalue weighted by Crippen LogP contribution is 2.43. The number of imidazole rings is 1. The molecule has 3 aromatic rings. The van der Waals surface area contributed by atoms with E-state index in [2.05, 4.69) is 9.55 Å². The van der Waals surface area contributed by atoms with E-state index in [1.54, 1.807) is 6.07 Å². The van der Waals surface area contributed by atoms with Crippen molar-refractivity contribution in [2.24, 2.45) is 5.41 Å². The molecular weight excluding hydrogens is 418 g/mol. The van der Waals surface area contributed by atoms with Crippen molar-refractivity contribution in [3.63, 3.8) is 0 Å². The summed E-state index contributed by atoms with van der Waals surface area (Å²) in [5, 5.41) is 0. The Bertz CT molecular complexity index is 1180. The third-order valence-corrected chi connectivity index (χ3v) is 6.71. The van der Waals surface area contributed by atoms with E-state index in [0.717, 1.165) is 11.0 Å². The van der Waals surface area contributed by atoms with E-state index in [1.165, 1.54) is 0 Å². The molecule has 7 nitrogen and oxygen atoms in total. The smallest absolute Gasteiger partial charge is 0.312 e. The summed E-state index contributed by atoms with van der Waals surface area (Å²) in [4.78, 5) is 32.2. The zero-order valence-corrected chi connectivity index (χ0v) is 19.1. The number of fused-ring (bicyclic) bond motifs is 1. The van der Waals surface area contributed by atoms with Gasteiger partial charge in [-0.05, 0) is 57.0 Å². The zero-order valence-electron chi connectivity index (χ0n) is 19.1. The number of benzene rings is 2. The molecule has 0 radical (unpaired) electrons. The van der Waals surface area contributed by atoms with Gasteiger partial charge in [-0.3, -0.25) is 9.59 Å². The summed E-state index contributed by atoms with van der Waals surface area (Å²) in [5.41, 5.74) is 2.09. The Kier molecular flexibility index (Phi) is 5.56. The van der Waals surface area contributed by atoms with Gasteiger partial charge in [-0.1, -0.05) is 18.2 Å². The number of amides is 1. The third-order valence-electron chi connectivity index (χ3n) is 6.71. The van der Waals surface area contributed by atoms with Crippen LogP contribution in [0.3, 0.4) is 0 Å². The Labute approximate surface area is 193 Å². The standard InChI is InChI=1S/C26H29N3O4/c1-18(2)32-20-7-5-6-19(14-20)24(30)28-12-10-26(11-13-28)15-21(33-25(26)31)16-29-17-27-22-8-3-4-9-23(22)29/h3-9,14,17-18,21H,10-13,15-16H2,1-2H3. The van der Waals surface area contributed by atoms with Crippen molar-refractivity contribution in [2.45, 2.75) is 51.9 Å². The van der Waals surface area contributed by atoms with E-state index in [1.807, 2.05) is 67.5 Å². The quantitative estimate of drug-likeness (QED) is 0.552. The van der Waals surface area contributed by atoms with Crippen LogP contribution in [-0.4, -0.2) is 51.6 Å². The molecular formula is C26H29N3O4. The second kappa shape index (κ2) is 8.54. The first kappa shape index (κ1) is 21.5. The number of piperidine rings is 1. The highest BCUT2D eigenvalue weighted by molar-refractivity contribution is 5.95. The van der Waals surface area contributed by atoms with Gasteiger partial charge in [-0.25, -0.2) is 4.98 Å². The van der Waals surface area contributed by atoms with Crippen LogP contribution in [0.25, 0.3) is 11.0 Å². The lowest BCUT2D eigenvalue weighted by atomic mass is 9.76. The number of hydrogen-bond acceptors (Lipinski definition) is 5. The number of carbonyl (C=O) groups excluding carboxylic acids is 2. The number of ether oxygens (including phenoxy) is 2. The minimum Gasteiger partial charge on any atom is -0.491 e. The Morgan fingerprint density at radius 3 is 2.76 bits per heavy atom. The summed E-state index contributed by atoms with van der Waals surface area (Å²) >= 11 is 0. The minimum atomic E-state index is -0.500. The number of rotatable bonds is 5. The summed E-state index contributed by atoms with van der Waals surface area (Å²) in [7, 11) is 0. The Hall–Kier alpha value is -3.35. The number of nitrogens with zero attached hydrogens (tertiary/aromatic N) is 3. The second-order valence-electron chi connectivity index (χ2n) is 9.38. The fraction of sp³-hybridized carbons (Fsp3) is 0.423. The molecule has 33 heavy (non-hydrogen) atoms. The zero-order chi connectivity index (χ0) is 23.0. The molecule has 172 valence electrons. The molecule has 1 aromatic heterocycles. The molecule has 1 unspecified atom stereocenters. The van der Waals surface area contributed by atoms with Crippen molar-refractivity contribution in [1.29, 1.82) is 0 Å². The van der Waals surface area contributed by atoms with Gasteiger partial charge in [0.1, 0.15) is 11.9 Å². The van der Waals surface area contributed by atoms with Crippen LogP contribution in [0.2, 0.25) is 0 Å². The van der Waals surface area contributed by atoms with Crippen LogP contribution in [-0.2, 0) is 16.1 Å². The van der Waals surface area contributed by atoms with Crippen molar-refractivity contribution in [3.05, 3.63) is 60.4 Å². The van der Waals surface area contributed by atoms with Crippen LogP contribution in [0.4, 0.5) is 0 Å². The summed E-state index contributed by atoms with van der Waals surface area (Å²) < 4.78 is 13.6. The Balaban J connectivity index is 1.23. The topological polar surface area (TPSA) is 73.7 Å². The molecule has 2 aliphatic rings.